The zero-order chi connectivity index (χ0) is 10.8. The Morgan fingerprint density at radius 2 is 2.14 bits per heavy atom. The lowest BCUT2D eigenvalue weighted by Gasteiger charge is -2.17. The monoisotopic (exact) mass is 209 g/mol. The molecule has 4 heteroatoms. The van der Waals surface area contributed by atoms with E-state index in [9.17, 15) is 4.79 Å². The summed E-state index contributed by atoms with van der Waals surface area (Å²) in [5.41, 5.74) is -1.27. The van der Waals surface area contributed by atoms with Crippen LogP contribution in [0.4, 0.5) is 0 Å². The molecule has 1 atom stereocenters. The van der Waals surface area contributed by atoms with Crippen molar-refractivity contribution in [2.45, 2.75) is 12.3 Å². The third-order valence-corrected chi connectivity index (χ3v) is 2.39. The average Bonchev–Trinajstić information content (AvgIpc) is 2.17. The molecule has 14 heavy (non-hydrogen) atoms. The van der Waals surface area contributed by atoms with E-state index in [1.54, 1.807) is 30.3 Å². The van der Waals surface area contributed by atoms with Gasteiger partial charge in [0.25, 0.3) is 0 Å². The molecule has 0 aromatic heterocycles. The molecule has 0 heterocycles. The van der Waals surface area contributed by atoms with E-state index >= 15 is 0 Å². The van der Waals surface area contributed by atoms with Crippen LogP contribution in [-0.4, -0.2) is 11.1 Å². The van der Waals surface area contributed by atoms with E-state index in [0.29, 0.717) is 10.6 Å². The summed E-state index contributed by atoms with van der Waals surface area (Å²) in [6, 6.07) is 8.20. The Labute approximate surface area is 86.5 Å². The van der Waals surface area contributed by atoms with Gasteiger partial charge in [-0.05, 0) is 13.0 Å². The molecule has 3 nitrogen and oxygen atoms in total. The van der Waals surface area contributed by atoms with Crippen molar-refractivity contribution in [3.05, 3.63) is 34.9 Å². The van der Waals surface area contributed by atoms with Crippen LogP contribution >= 0.6 is 11.6 Å². The second-order valence-electron chi connectivity index (χ2n) is 3.02. The van der Waals surface area contributed by atoms with Crippen molar-refractivity contribution in [3.63, 3.8) is 0 Å². The Morgan fingerprint density at radius 3 is 2.57 bits per heavy atom. The number of carbonyl (C=O) groups is 1. The van der Waals surface area contributed by atoms with E-state index in [4.69, 9.17) is 22.0 Å². The van der Waals surface area contributed by atoms with Crippen LogP contribution in [0, 0.1) is 11.3 Å². The van der Waals surface area contributed by atoms with Gasteiger partial charge in [-0.25, -0.2) is 0 Å². The molecule has 1 N–H and O–H groups in total. The number of carboxylic acids is 1. The maximum Gasteiger partial charge on any atom is 0.328 e. The molecular weight excluding hydrogens is 202 g/mol. The normalized spacial score (nSPS) is 14.1. The molecule has 0 bridgehead atoms. The van der Waals surface area contributed by atoms with Crippen molar-refractivity contribution >= 4 is 17.6 Å². The highest BCUT2D eigenvalue weighted by Gasteiger charge is 2.36. The van der Waals surface area contributed by atoms with Crippen LogP contribution in [0.25, 0.3) is 0 Å². The Balaban J connectivity index is 3.36. The smallest absolute Gasteiger partial charge is 0.328 e. The number of nitrogens with zero attached hydrogens (tertiary/aromatic N) is 1. The van der Waals surface area contributed by atoms with Crippen molar-refractivity contribution < 1.29 is 9.90 Å². The topological polar surface area (TPSA) is 61.1 Å². The van der Waals surface area contributed by atoms with Gasteiger partial charge in [0, 0.05) is 10.6 Å². The zero-order valence-corrected chi connectivity index (χ0v) is 8.25. The number of halogens is 1. The molecule has 0 fully saturated rings. The van der Waals surface area contributed by atoms with Gasteiger partial charge in [0.1, 0.15) is 0 Å². The van der Waals surface area contributed by atoms with Gasteiger partial charge >= 0.3 is 5.97 Å². The standard InChI is InChI=1S/C10H8ClNO2/c1-10(6-12,9(13)14)7-4-2-3-5-8(7)11/h2-5H,1H3,(H,13,14). The molecule has 0 aliphatic heterocycles. The number of hydrogen-bond donors (Lipinski definition) is 1. The van der Waals surface area contributed by atoms with E-state index in [-0.39, 0.29) is 0 Å². The fourth-order valence-electron chi connectivity index (χ4n) is 1.09. The van der Waals surface area contributed by atoms with E-state index in [1.165, 1.54) is 6.92 Å². The van der Waals surface area contributed by atoms with Crippen molar-refractivity contribution in [2.24, 2.45) is 0 Å². The van der Waals surface area contributed by atoms with Gasteiger partial charge in [-0.2, -0.15) is 5.26 Å². The lowest BCUT2D eigenvalue weighted by molar-refractivity contribution is -0.140. The molecule has 1 rings (SSSR count). The minimum Gasteiger partial charge on any atom is -0.480 e. The Kier molecular flexibility index (Phi) is 2.78. The van der Waals surface area contributed by atoms with Gasteiger partial charge in [0.15, 0.2) is 5.41 Å². The summed E-state index contributed by atoms with van der Waals surface area (Å²) in [6.45, 7) is 1.33. The highest BCUT2D eigenvalue weighted by molar-refractivity contribution is 6.31. The molecule has 0 saturated carbocycles. The minimum absolute atomic E-state index is 0.291. The third-order valence-electron chi connectivity index (χ3n) is 2.06. The van der Waals surface area contributed by atoms with Crippen molar-refractivity contribution in [1.82, 2.24) is 0 Å². The number of benzene rings is 1. The number of aliphatic carboxylic acids is 1. The van der Waals surface area contributed by atoms with Crippen LogP contribution in [0.15, 0.2) is 24.3 Å². The highest BCUT2D eigenvalue weighted by Crippen LogP contribution is 2.29. The number of nitriles is 1. The number of rotatable bonds is 2. The summed E-state index contributed by atoms with van der Waals surface area (Å²) in [5, 5.41) is 18.1. The highest BCUT2D eigenvalue weighted by atomic mass is 35.5. The fraction of sp³-hybridized carbons (Fsp3) is 0.200. The summed E-state index contributed by atoms with van der Waals surface area (Å²) in [6.07, 6.45) is 0. The zero-order valence-electron chi connectivity index (χ0n) is 7.49. The summed E-state index contributed by atoms with van der Waals surface area (Å²) in [5.74, 6) is -1.20. The van der Waals surface area contributed by atoms with Gasteiger partial charge in [-0.3, -0.25) is 4.79 Å². The SMILES string of the molecule is CC(C#N)(C(=O)O)c1ccccc1Cl. The molecule has 72 valence electrons. The molecule has 1 aromatic carbocycles. The van der Waals surface area contributed by atoms with Crippen LogP contribution in [0.3, 0.4) is 0 Å². The first-order valence-electron chi connectivity index (χ1n) is 3.92. The molecule has 0 spiro atoms. The van der Waals surface area contributed by atoms with Gasteiger partial charge in [0.2, 0.25) is 0 Å². The molecule has 1 unspecified atom stereocenters. The van der Waals surface area contributed by atoms with Crippen LogP contribution in [0.1, 0.15) is 12.5 Å². The predicted octanol–water partition coefficient (Wildman–Crippen LogP) is 2.21. The first kappa shape index (κ1) is 10.6. The van der Waals surface area contributed by atoms with Crippen LogP contribution < -0.4 is 0 Å². The van der Waals surface area contributed by atoms with E-state index in [2.05, 4.69) is 0 Å². The third kappa shape index (κ3) is 1.57. The molecule has 0 saturated heterocycles. The van der Waals surface area contributed by atoms with Crippen LogP contribution in [0.5, 0.6) is 0 Å². The molecule has 0 amide bonds. The second kappa shape index (κ2) is 3.69. The van der Waals surface area contributed by atoms with Gasteiger partial charge in [0.05, 0.1) is 6.07 Å². The quantitative estimate of drug-likeness (QED) is 0.812. The average molecular weight is 210 g/mol. The maximum absolute atomic E-state index is 10.9. The van der Waals surface area contributed by atoms with Gasteiger partial charge < -0.3 is 5.11 Å². The minimum atomic E-state index is -1.58. The Hall–Kier alpha value is -1.53. The summed E-state index contributed by atoms with van der Waals surface area (Å²) in [4.78, 5) is 10.9. The molecule has 0 radical (unpaired) electrons. The lowest BCUT2D eigenvalue weighted by atomic mass is 9.84. The van der Waals surface area contributed by atoms with Crippen molar-refractivity contribution in [1.29, 1.82) is 5.26 Å². The second-order valence-corrected chi connectivity index (χ2v) is 3.43. The fourth-order valence-corrected chi connectivity index (χ4v) is 1.41. The predicted molar refractivity (Wildman–Crippen MR) is 52.1 cm³/mol. The summed E-state index contributed by atoms with van der Waals surface area (Å²) < 4.78 is 0. The largest absolute Gasteiger partial charge is 0.480 e. The Bertz CT molecular complexity index is 411. The number of hydrogen-bond acceptors (Lipinski definition) is 2. The van der Waals surface area contributed by atoms with Gasteiger partial charge in [-0.15, -0.1) is 0 Å². The molecule has 0 aliphatic rings. The molecule has 1 aromatic rings. The van der Waals surface area contributed by atoms with Crippen LogP contribution in [0.2, 0.25) is 5.02 Å². The first-order valence-corrected chi connectivity index (χ1v) is 4.30. The number of carboxylic acid groups (broad SMARTS) is 1. The summed E-state index contributed by atoms with van der Waals surface area (Å²) in [7, 11) is 0. The lowest BCUT2D eigenvalue weighted by Crippen LogP contribution is -2.30. The molecule has 0 aliphatic carbocycles. The summed E-state index contributed by atoms with van der Waals surface area (Å²) >= 11 is 5.82. The Morgan fingerprint density at radius 1 is 1.57 bits per heavy atom. The van der Waals surface area contributed by atoms with E-state index in [1.807, 2.05) is 0 Å². The van der Waals surface area contributed by atoms with E-state index < -0.39 is 11.4 Å². The maximum atomic E-state index is 10.9. The first-order chi connectivity index (χ1) is 6.52. The van der Waals surface area contributed by atoms with Crippen molar-refractivity contribution in [2.75, 3.05) is 0 Å². The van der Waals surface area contributed by atoms with E-state index in [0.717, 1.165) is 0 Å². The molecular formula is C10H8ClNO2. The van der Waals surface area contributed by atoms with Crippen LogP contribution in [-0.2, 0) is 10.2 Å². The van der Waals surface area contributed by atoms with Crippen molar-refractivity contribution in [3.8, 4) is 6.07 Å². The van der Waals surface area contributed by atoms with Gasteiger partial charge in [-0.1, -0.05) is 29.8 Å².